The first kappa shape index (κ1) is 11.8. The Bertz CT molecular complexity index is 331. The second kappa shape index (κ2) is 4.65. The smallest absolute Gasteiger partial charge is 0.184 e. The van der Waals surface area contributed by atoms with Crippen LogP contribution in [0.5, 0.6) is 0 Å². The van der Waals surface area contributed by atoms with Gasteiger partial charge in [-0.2, -0.15) is 0 Å². The second-order valence-corrected chi connectivity index (χ2v) is 9.86. The average Bonchev–Trinajstić information content (AvgIpc) is 2.14. The maximum absolute atomic E-state index is 6.03. The Morgan fingerprint density at radius 3 is 2.50 bits per heavy atom. The van der Waals surface area contributed by atoms with E-state index in [0.717, 1.165) is 19.6 Å². The molecule has 0 aromatic carbocycles. The number of aromatic nitrogens is 1. The zero-order valence-corrected chi connectivity index (χ0v) is 11.3. The van der Waals surface area contributed by atoms with Gasteiger partial charge in [0.25, 0.3) is 0 Å². The molecule has 0 amide bonds. The van der Waals surface area contributed by atoms with Crippen molar-refractivity contribution in [3.63, 3.8) is 0 Å². The lowest BCUT2D eigenvalue weighted by Crippen LogP contribution is -2.54. The Morgan fingerprint density at radius 2 is 1.94 bits per heavy atom. The molecule has 0 radical (unpaired) electrons. The predicted molar refractivity (Wildman–Crippen MR) is 67.7 cm³/mol. The van der Waals surface area contributed by atoms with Crippen LogP contribution < -0.4 is 0 Å². The lowest BCUT2D eigenvalue weighted by Gasteiger charge is -2.42. The number of rotatable bonds is 4. The molecule has 2 heterocycles. The predicted octanol–water partition coefficient (Wildman–Crippen LogP) is 2.12. The monoisotopic (exact) mass is 236 g/mol. The van der Waals surface area contributed by atoms with Crippen LogP contribution in [0.2, 0.25) is 19.6 Å². The zero-order chi connectivity index (χ0) is 11.6. The minimum Gasteiger partial charge on any atom is -0.412 e. The summed E-state index contributed by atoms with van der Waals surface area (Å²) in [4.78, 5) is 6.44. The summed E-state index contributed by atoms with van der Waals surface area (Å²) in [5.41, 5.74) is 1.33. The van der Waals surface area contributed by atoms with Crippen molar-refractivity contribution in [1.29, 1.82) is 0 Å². The Labute approximate surface area is 98.6 Å². The Hall–Kier alpha value is -0.713. The highest BCUT2D eigenvalue weighted by Gasteiger charge is 2.31. The van der Waals surface area contributed by atoms with Gasteiger partial charge in [0, 0.05) is 32.0 Å². The van der Waals surface area contributed by atoms with Gasteiger partial charge in [-0.25, -0.2) is 0 Å². The van der Waals surface area contributed by atoms with E-state index in [2.05, 4.69) is 41.7 Å². The summed E-state index contributed by atoms with van der Waals surface area (Å²) in [5.74, 6) is 0. The fourth-order valence-electron chi connectivity index (χ4n) is 1.97. The molecule has 1 aliphatic rings. The summed E-state index contributed by atoms with van der Waals surface area (Å²) in [6.07, 6.45) is 4.17. The fourth-order valence-corrected chi connectivity index (χ4v) is 3.12. The molecule has 1 aliphatic heterocycles. The van der Waals surface area contributed by atoms with Gasteiger partial charge in [0.05, 0.1) is 6.10 Å². The molecular formula is C12H20N2OSi. The van der Waals surface area contributed by atoms with E-state index in [1.165, 1.54) is 5.56 Å². The van der Waals surface area contributed by atoms with Crippen LogP contribution in [0.3, 0.4) is 0 Å². The van der Waals surface area contributed by atoms with Gasteiger partial charge in [-0.05, 0) is 37.3 Å². The fraction of sp³-hybridized carbons (Fsp3) is 0.583. The molecule has 1 saturated heterocycles. The van der Waals surface area contributed by atoms with Crippen LogP contribution in [0.4, 0.5) is 0 Å². The van der Waals surface area contributed by atoms with E-state index < -0.39 is 8.32 Å². The second-order valence-electron chi connectivity index (χ2n) is 5.40. The van der Waals surface area contributed by atoms with Crippen molar-refractivity contribution < 1.29 is 4.43 Å². The lowest BCUT2D eigenvalue weighted by atomic mass is 10.1. The first-order valence-corrected chi connectivity index (χ1v) is 9.23. The molecule has 1 aromatic rings. The Morgan fingerprint density at radius 1 is 1.31 bits per heavy atom. The van der Waals surface area contributed by atoms with Gasteiger partial charge in [0.1, 0.15) is 0 Å². The summed E-state index contributed by atoms with van der Waals surface area (Å²) < 4.78 is 6.03. The lowest BCUT2D eigenvalue weighted by molar-refractivity contribution is 0.00953. The molecule has 3 nitrogen and oxygen atoms in total. The molecule has 16 heavy (non-hydrogen) atoms. The van der Waals surface area contributed by atoms with Crippen LogP contribution in [0, 0.1) is 0 Å². The molecule has 1 fully saturated rings. The first-order chi connectivity index (χ1) is 7.53. The van der Waals surface area contributed by atoms with Crippen molar-refractivity contribution in [1.82, 2.24) is 9.88 Å². The van der Waals surface area contributed by atoms with Gasteiger partial charge in [-0.1, -0.05) is 0 Å². The van der Waals surface area contributed by atoms with Gasteiger partial charge in [-0.3, -0.25) is 9.88 Å². The quantitative estimate of drug-likeness (QED) is 0.749. The van der Waals surface area contributed by atoms with Crippen LogP contribution in [-0.4, -0.2) is 37.4 Å². The van der Waals surface area contributed by atoms with Crippen molar-refractivity contribution in [2.75, 3.05) is 13.1 Å². The van der Waals surface area contributed by atoms with E-state index in [1.54, 1.807) is 0 Å². The van der Waals surface area contributed by atoms with E-state index in [0.29, 0.717) is 6.10 Å². The molecule has 4 heteroatoms. The van der Waals surface area contributed by atoms with Crippen molar-refractivity contribution in [2.45, 2.75) is 32.3 Å². The minimum atomic E-state index is -1.35. The number of nitrogens with zero attached hydrogens (tertiary/aromatic N) is 2. The first-order valence-electron chi connectivity index (χ1n) is 5.82. The van der Waals surface area contributed by atoms with E-state index in [-0.39, 0.29) is 0 Å². The van der Waals surface area contributed by atoms with Gasteiger partial charge in [-0.15, -0.1) is 0 Å². The summed E-state index contributed by atoms with van der Waals surface area (Å²) in [7, 11) is -1.35. The largest absolute Gasteiger partial charge is 0.412 e. The van der Waals surface area contributed by atoms with E-state index in [4.69, 9.17) is 4.43 Å². The van der Waals surface area contributed by atoms with Crippen LogP contribution >= 0.6 is 0 Å². The van der Waals surface area contributed by atoms with Crippen LogP contribution in [-0.2, 0) is 11.0 Å². The maximum atomic E-state index is 6.03. The van der Waals surface area contributed by atoms with E-state index in [9.17, 15) is 0 Å². The molecular weight excluding hydrogens is 216 g/mol. The summed E-state index contributed by atoms with van der Waals surface area (Å²) in [6, 6.07) is 4.15. The van der Waals surface area contributed by atoms with Crippen LogP contribution in [0.15, 0.2) is 24.5 Å². The Kier molecular flexibility index (Phi) is 3.42. The summed E-state index contributed by atoms with van der Waals surface area (Å²) in [5, 5.41) is 0. The Balaban J connectivity index is 1.73. The van der Waals surface area contributed by atoms with E-state index in [1.807, 2.05) is 12.4 Å². The normalized spacial score (nSPS) is 18.4. The third kappa shape index (κ3) is 3.40. The maximum Gasteiger partial charge on any atom is 0.184 e. The topological polar surface area (TPSA) is 25.4 Å². The number of pyridine rings is 1. The number of hydrogen-bond acceptors (Lipinski definition) is 3. The molecule has 0 unspecified atom stereocenters. The SMILES string of the molecule is C[Si](C)(C)OC1CN(Cc2ccncc2)C1. The molecule has 0 spiro atoms. The zero-order valence-electron chi connectivity index (χ0n) is 10.3. The molecule has 0 bridgehead atoms. The highest BCUT2D eigenvalue weighted by molar-refractivity contribution is 6.69. The molecule has 0 N–H and O–H groups in total. The van der Waals surface area contributed by atoms with Gasteiger partial charge >= 0.3 is 0 Å². The highest BCUT2D eigenvalue weighted by atomic mass is 28.4. The van der Waals surface area contributed by atoms with Crippen molar-refractivity contribution in [3.05, 3.63) is 30.1 Å². The van der Waals surface area contributed by atoms with Gasteiger partial charge < -0.3 is 4.43 Å². The average molecular weight is 236 g/mol. The van der Waals surface area contributed by atoms with Gasteiger partial charge in [0.15, 0.2) is 8.32 Å². The number of likely N-dealkylation sites (tertiary alicyclic amines) is 1. The molecule has 0 atom stereocenters. The molecule has 2 rings (SSSR count). The third-order valence-electron chi connectivity index (χ3n) is 2.60. The van der Waals surface area contributed by atoms with Crippen molar-refractivity contribution in [3.8, 4) is 0 Å². The standard InChI is InChI=1S/C12H20N2OSi/c1-16(2,3)15-12-9-14(10-12)8-11-4-6-13-7-5-11/h4-7,12H,8-10H2,1-3H3. The summed E-state index contributed by atoms with van der Waals surface area (Å²) >= 11 is 0. The highest BCUT2D eigenvalue weighted by Crippen LogP contribution is 2.19. The van der Waals surface area contributed by atoms with Crippen LogP contribution in [0.1, 0.15) is 5.56 Å². The van der Waals surface area contributed by atoms with Crippen LogP contribution in [0.25, 0.3) is 0 Å². The minimum absolute atomic E-state index is 0.466. The third-order valence-corrected chi connectivity index (χ3v) is 3.64. The molecule has 0 saturated carbocycles. The molecule has 88 valence electrons. The van der Waals surface area contributed by atoms with Crippen molar-refractivity contribution in [2.24, 2.45) is 0 Å². The van der Waals surface area contributed by atoms with Crippen molar-refractivity contribution >= 4 is 8.32 Å². The van der Waals surface area contributed by atoms with Gasteiger partial charge in [0.2, 0.25) is 0 Å². The number of hydrogen-bond donors (Lipinski definition) is 0. The molecule has 0 aliphatic carbocycles. The summed E-state index contributed by atoms with van der Waals surface area (Å²) in [6.45, 7) is 9.92. The van der Waals surface area contributed by atoms with E-state index >= 15 is 0 Å². The molecule has 1 aromatic heterocycles.